The highest BCUT2D eigenvalue weighted by molar-refractivity contribution is 6.11. The molecule has 3 rings (SSSR count). The molecule has 0 radical (unpaired) electrons. The number of nitrogens with zero attached hydrogens (tertiary/aromatic N) is 3. The number of ether oxygens (including phenoxy) is 2. The Morgan fingerprint density at radius 1 is 1.11 bits per heavy atom. The summed E-state index contributed by atoms with van der Waals surface area (Å²) in [4.78, 5) is 45.3. The molecule has 1 spiro atoms. The summed E-state index contributed by atoms with van der Waals surface area (Å²) in [5, 5.41) is 0. The van der Waals surface area contributed by atoms with E-state index < -0.39 is 5.41 Å². The molecule has 8 heteroatoms. The van der Waals surface area contributed by atoms with Gasteiger partial charge in [-0.15, -0.1) is 0 Å². The van der Waals surface area contributed by atoms with E-state index in [4.69, 9.17) is 9.47 Å². The van der Waals surface area contributed by atoms with Crippen molar-refractivity contribution in [2.45, 2.75) is 40.0 Å². The first-order valence-corrected chi connectivity index (χ1v) is 9.18. The molecule has 1 fully saturated rings. The number of Topliss-reactive ketones (excluding diaryl/α,β-unsaturated/α-hetero) is 2. The maximum Gasteiger partial charge on any atom is 0.300 e. The Labute approximate surface area is 158 Å². The molecule has 0 bridgehead atoms. The van der Waals surface area contributed by atoms with Gasteiger partial charge in [0.15, 0.2) is 0 Å². The zero-order valence-electron chi connectivity index (χ0n) is 16.6. The van der Waals surface area contributed by atoms with Gasteiger partial charge in [0.05, 0.1) is 12.7 Å². The summed E-state index contributed by atoms with van der Waals surface area (Å²) in [5.41, 5.74) is -1.50. The molecule has 1 aliphatic heterocycles. The first-order chi connectivity index (χ1) is 12.6. The summed E-state index contributed by atoms with van der Waals surface area (Å²) in [6, 6.07) is 0.179. The molecule has 1 saturated carbocycles. The van der Waals surface area contributed by atoms with Gasteiger partial charge < -0.3 is 14.4 Å². The average Bonchev–Trinajstić information content (AvgIpc) is 2.60. The fourth-order valence-corrected chi connectivity index (χ4v) is 4.08. The molecule has 2 heterocycles. The van der Waals surface area contributed by atoms with Gasteiger partial charge in [0, 0.05) is 39.5 Å². The molecule has 0 N–H and O–H groups in total. The van der Waals surface area contributed by atoms with E-state index in [0.29, 0.717) is 30.8 Å². The smallest absolute Gasteiger partial charge is 0.300 e. The lowest BCUT2D eigenvalue weighted by Crippen LogP contribution is -2.59. The molecule has 2 aliphatic rings. The van der Waals surface area contributed by atoms with E-state index in [-0.39, 0.29) is 48.2 Å². The van der Waals surface area contributed by atoms with E-state index >= 15 is 0 Å². The van der Waals surface area contributed by atoms with Crippen molar-refractivity contribution in [3.8, 4) is 6.01 Å². The van der Waals surface area contributed by atoms with Crippen LogP contribution >= 0.6 is 0 Å². The van der Waals surface area contributed by atoms with Crippen LogP contribution in [0, 0.1) is 10.8 Å². The topological polar surface area (TPSA) is 90.7 Å². The Hall–Kier alpha value is -2.22. The maximum absolute atomic E-state index is 13.1. The Balaban J connectivity index is 2.14. The van der Waals surface area contributed by atoms with Crippen LogP contribution < -0.4 is 15.2 Å². The van der Waals surface area contributed by atoms with Crippen molar-refractivity contribution in [3.05, 3.63) is 15.9 Å². The Bertz CT molecular complexity index is 822. The first-order valence-electron chi connectivity index (χ1n) is 9.18. The van der Waals surface area contributed by atoms with Crippen LogP contribution in [0.5, 0.6) is 6.01 Å². The van der Waals surface area contributed by atoms with Crippen LogP contribution in [0.2, 0.25) is 0 Å². The molecular formula is C19H27N3O5. The minimum atomic E-state index is -1.21. The second kappa shape index (κ2) is 6.74. The predicted octanol–water partition coefficient (Wildman–Crippen LogP) is 1.09. The van der Waals surface area contributed by atoms with Gasteiger partial charge in [-0.1, -0.05) is 13.8 Å². The van der Waals surface area contributed by atoms with Gasteiger partial charge >= 0.3 is 6.01 Å². The SMILES string of the molecule is CCOCN1CC2(Cc3c1nc(OC)n(C)c3=O)C(=O)CC(C)(C)CC2=O. The van der Waals surface area contributed by atoms with Crippen LogP contribution in [0.15, 0.2) is 4.79 Å². The lowest BCUT2D eigenvalue weighted by atomic mass is 9.60. The summed E-state index contributed by atoms with van der Waals surface area (Å²) in [6.45, 7) is 6.51. The van der Waals surface area contributed by atoms with Crippen molar-refractivity contribution >= 4 is 17.4 Å². The van der Waals surface area contributed by atoms with Crippen LogP contribution in [0.4, 0.5) is 5.82 Å². The van der Waals surface area contributed by atoms with E-state index in [1.165, 1.54) is 11.7 Å². The van der Waals surface area contributed by atoms with E-state index in [9.17, 15) is 14.4 Å². The zero-order chi connectivity index (χ0) is 20.0. The van der Waals surface area contributed by atoms with Crippen LogP contribution in [-0.2, 0) is 27.8 Å². The standard InChI is InChI=1S/C19H27N3O5/c1-6-27-11-22-10-19(13(23)8-18(2,3)9-14(19)24)7-12-15(22)20-17(26-5)21(4)16(12)25/h6-11H2,1-5H3. The number of hydrogen-bond donors (Lipinski definition) is 0. The number of hydrogen-bond acceptors (Lipinski definition) is 7. The van der Waals surface area contributed by atoms with Crippen molar-refractivity contribution in [1.82, 2.24) is 9.55 Å². The molecule has 148 valence electrons. The van der Waals surface area contributed by atoms with E-state index in [0.717, 1.165) is 0 Å². The lowest BCUT2D eigenvalue weighted by Gasteiger charge is -2.46. The molecular weight excluding hydrogens is 350 g/mol. The highest BCUT2D eigenvalue weighted by atomic mass is 16.5. The molecule has 0 aromatic carbocycles. The second-order valence-electron chi connectivity index (χ2n) is 8.21. The van der Waals surface area contributed by atoms with Gasteiger partial charge in [-0.3, -0.25) is 19.0 Å². The monoisotopic (exact) mass is 377 g/mol. The fourth-order valence-electron chi connectivity index (χ4n) is 4.08. The Morgan fingerprint density at radius 2 is 1.74 bits per heavy atom. The molecule has 1 aromatic heterocycles. The fraction of sp³-hybridized carbons (Fsp3) is 0.684. The third kappa shape index (κ3) is 3.16. The normalized spacial score (nSPS) is 20.7. The average molecular weight is 377 g/mol. The molecule has 0 atom stereocenters. The molecule has 0 saturated heterocycles. The van der Waals surface area contributed by atoms with Crippen molar-refractivity contribution < 1.29 is 19.1 Å². The number of carbonyl (C=O) groups is 2. The minimum absolute atomic E-state index is 0.0857. The zero-order valence-corrected chi connectivity index (χ0v) is 16.6. The first kappa shape index (κ1) is 19.5. The number of carbonyl (C=O) groups excluding carboxylic acids is 2. The van der Waals surface area contributed by atoms with Gasteiger partial charge in [0.2, 0.25) is 0 Å². The highest BCUT2D eigenvalue weighted by Crippen LogP contribution is 2.45. The van der Waals surface area contributed by atoms with E-state index in [1.807, 2.05) is 20.8 Å². The molecule has 1 aliphatic carbocycles. The summed E-state index contributed by atoms with van der Waals surface area (Å²) in [6.07, 6.45) is 0.725. The van der Waals surface area contributed by atoms with Crippen molar-refractivity contribution in [2.75, 3.05) is 31.9 Å². The molecule has 0 unspecified atom stereocenters. The number of rotatable bonds is 4. The lowest BCUT2D eigenvalue weighted by molar-refractivity contribution is -0.148. The molecule has 8 nitrogen and oxygen atoms in total. The van der Waals surface area contributed by atoms with Crippen molar-refractivity contribution in [2.24, 2.45) is 17.9 Å². The van der Waals surface area contributed by atoms with Crippen molar-refractivity contribution in [1.29, 1.82) is 0 Å². The largest absolute Gasteiger partial charge is 0.468 e. The van der Waals surface area contributed by atoms with Gasteiger partial charge in [-0.25, -0.2) is 0 Å². The minimum Gasteiger partial charge on any atom is -0.468 e. The Kier molecular flexibility index (Phi) is 4.88. The Morgan fingerprint density at radius 3 is 2.30 bits per heavy atom. The number of methoxy groups -OCH3 is 1. The van der Waals surface area contributed by atoms with Crippen LogP contribution in [0.3, 0.4) is 0 Å². The molecule has 27 heavy (non-hydrogen) atoms. The van der Waals surface area contributed by atoms with Crippen LogP contribution in [0.1, 0.15) is 39.2 Å². The second-order valence-corrected chi connectivity index (χ2v) is 8.21. The predicted molar refractivity (Wildman–Crippen MR) is 99.0 cm³/mol. The quantitative estimate of drug-likeness (QED) is 0.726. The van der Waals surface area contributed by atoms with Gasteiger partial charge in [-0.2, -0.15) is 4.98 Å². The van der Waals surface area contributed by atoms with Crippen LogP contribution in [-0.4, -0.2) is 48.1 Å². The van der Waals surface area contributed by atoms with Gasteiger partial charge in [0.25, 0.3) is 5.56 Å². The number of ketones is 2. The van der Waals surface area contributed by atoms with Gasteiger partial charge in [-0.05, 0) is 12.3 Å². The molecule has 1 aromatic rings. The highest BCUT2D eigenvalue weighted by Gasteiger charge is 2.55. The third-order valence-corrected chi connectivity index (χ3v) is 5.54. The summed E-state index contributed by atoms with van der Waals surface area (Å²) in [5.74, 6) is 0.224. The van der Waals surface area contributed by atoms with E-state index in [1.54, 1.807) is 11.9 Å². The number of aromatic nitrogens is 2. The van der Waals surface area contributed by atoms with Crippen molar-refractivity contribution in [3.63, 3.8) is 0 Å². The molecule has 0 amide bonds. The number of fused-ring (bicyclic) bond motifs is 1. The summed E-state index contributed by atoms with van der Waals surface area (Å²) >= 11 is 0. The van der Waals surface area contributed by atoms with Gasteiger partial charge in [0.1, 0.15) is 29.5 Å². The summed E-state index contributed by atoms with van der Waals surface area (Å²) in [7, 11) is 3.01. The van der Waals surface area contributed by atoms with Crippen LogP contribution in [0.25, 0.3) is 0 Å². The maximum atomic E-state index is 13.1. The third-order valence-electron chi connectivity index (χ3n) is 5.54. The summed E-state index contributed by atoms with van der Waals surface area (Å²) < 4.78 is 12.0. The van der Waals surface area contributed by atoms with E-state index in [2.05, 4.69) is 4.98 Å². The number of anilines is 1.